The standard InChI is InChI=1S/C67H116O36/c1-5-6-7-27(2)30-8-9-31-41-32(20-40(67(30,31)4)91-14-17-94-62-56(88)50(82)59(39(26-73)100-62)103-65-53(85)47(79)44(76)36(23-70)97-65)66(3)11-10-29(89-12-15-92-60-54(86)48(80)57(37(24-71)98-60)101-63-51(83)45(77)42(74)34(21-68)95-63)18-28(66)19-33(41)90-13-16-93-61-55(87)49(81)58(38(25-72)99-61)102-64-52(84)46(78)43(75)35(22-69)96-64/h27-65,68-88H,5-26H2,1-4H3/t27-,28+,29-,30-,31+,32+,33-,34?,35?,36?,37?,38?,39?,40+,41+,42-,43-,44-,45?,46?,47+,48?,49?,50?,51+,52+,53?,54+,55+,56?,57-,58-,59-,60-,61-,62-,63-,64-,65-,66+,67-/m1/s1. The number of aliphatic hydroxyl groups is 21. The normalized spacial score (nSPS) is 50.7. The maximum absolute atomic E-state index is 11.4. The molecule has 21 N–H and O–H groups in total. The summed E-state index contributed by atoms with van der Waals surface area (Å²) in [4.78, 5) is 0. The SMILES string of the molecule is CCCC[C@@H](C)[C@H]1CC[C@H]2[C@@H]3[C@H](OCCO[C@@H]4OC(CO)[C@@H](O[C@H]5OC(CO)[C@@H](O)C(O)[C@@H]5O)C(O)[C@@H]4O)C[C@@H]4C[C@H](OCCO[C@@H]5OC(CO)[C@@H](O[C@H]6OC(CO)[C@@H](O)C(O)[C@@H]6O)C(O)[C@@H]5O)CC[C@]4(C)[C@H]3C[C@H](OCCO[C@@H]3OC(CO)[C@@H](O[C@H]4OC(CO)[C@@H](O)[C@H](O)C4O)C(O)C3O)[C@]12C. The minimum absolute atomic E-state index is 0.00526. The van der Waals surface area contributed by atoms with Crippen LogP contribution in [0.3, 0.4) is 0 Å². The second kappa shape index (κ2) is 36.8. The van der Waals surface area contributed by atoms with Gasteiger partial charge in [-0.05, 0) is 85.9 Å². The number of unbranched alkanes of at least 4 members (excludes halogenated alkanes) is 1. The highest BCUT2D eigenvalue weighted by Gasteiger charge is 2.67. The van der Waals surface area contributed by atoms with Crippen molar-refractivity contribution in [2.45, 2.75) is 294 Å². The molecule has 0 aromatic carbocycles. The van der Waals surface area contributed by atoms with E-state index in [1.165, 1.54) is 0 Å². The van der Waals surface area contributed by atoms with Crippen LogP contribution in [0, 0.1) is 46.3 Å². The van der Waals surface area contributed by atoms with Gasteiger partial charge in [0.15, 0.2) is 37.7 Å². The highest BCUT2D eigenvalue weighted by Crippen LogP contribution is 2.69. The van der Waals surface area contributed by atoms with Gasteiger partial charge in [0.1, 0.15) is 146 Å². The molecule has 10 fully saturated rings. The molecule has 600 valence electrons. The first kappa shape index (κ1) is 84.0. The molecule has 6 heterocycles. The molecule has 4 aliphatic carbocycles. The third-order valence-corrected chi connectivity index (χ3v) is 24.4. The highest BCUT2D eigenvalue weighted by molar-refractivity contribution is 5.15. The molecule has 0 aromatic heterocycles. The highest BCUT2D eigenvalue weighted by atomic mass is 16.8. The average Bonchev–Trinajstić information content (AvgIpc) is 1.65. The Morgan fingerprint density at radius 3 is 1.15 bits per heavy atom. The summed E-state index contributed by atoms with van der Waals surface area (Å²) >= 11 is 0. The van der Waals surface area contributed by atoms with Crippen LogP contribution in [-0.4, -0.2) is 389 Å². The second-order valence-electron chi connectivity index (χ2n) is 30.3. The Balaban J connectivity index is 0.826. The predicted molar refractivity (Wildman–Crippen MR) is 341 cm³/mol. The zero-order chi connectivity index (χ0) is 74.7. The average molecular weight is 1500 g/mol. The number of aliphatic hydroxyl groups excluding tert-OH is 21. The summed E-state index contributed by atoms with van der Waals surface area (Å²) in [5, 5.41) is 222. The van der Waals surface area contributed by atoms with Gasteiger partial charge in [-0.3, -0.25) is 0 Å². The Bertz CT molecular complexity index is 2530. The molecular weight excluding hydrogens is 1380 g/mol. The molecule has 10 rings (SSSR count). The van der Waals surface area contributed by atoms with E-state index in [1.807, 2.05) is 0 Å². The Labute approximate surface area is 596 Å². The fraction of sp³-hybridized carbons (Fsp3) is 1.00. The van der Waals surface area contributed by atoms with Gasteiger partial charge in [-0.15, -0.1) is 0 Å². The number of rotatable bonds is 31. The Morgan fingerprint density at radius 1 is 0.379 bits per heavy atom. The predicted octanol–water partition coefficient (Wildman–Crippen LogP) is -8.23. The van der Waals surface area contributed by atoms with Crippen LogP contribution in [-0.2, 0) is 71.1 Å². The third-order valence-electron chi connectivity index (χ3n) is 24.4. The van der Waals surface area contributed by atoms with Gasteiger partial charge in [-0.1, -0.05) is 47.0 Å². The maximum Gasteiger partial charge on any atom is 0.187 e. The lowest BCUT2D eigenvalue weighted by Gasteiger charge is -2.64. The van der Waals surface area contributed by atoms with Gasteiger partial charge in [0.05, 0.1) is 97.6 Å². The smallest absolute Gasteiger partial charge is 0.187 e. The quantitative estimate of drug-likeness (QED) is 0.0287. The first-order valence-electron chi connectivity index (χ1n) is 36.6. The first-order valence-corrected chi connectivity index (χ1v) is 36.6. The molecule has 36 heteroatoms. The summed E-state index contributed by atoms with van der Waals surface area (Å²) in [6, 6.07) is 0. The van der Waals surface area contributed by atoms with Crippen LogP contribution in [0.25, 0.3) is 0 Å². The number of ether oxygens (including phenoxy) is 15. The summed E-state index contributed by atoms with van der Waals surface area (Å²) in [5.74, 6) is 0.469. The molecule has 0 radical (unpaired) electrons. The van der Waals surface area contributed by atoms with Crippen LogP contribution in [0.5, 0.6) is 0 Å². The van der Waals surface area contributed by atoms with Crippen LogP contribution in [0.1, 0.15) is 91.9 Å². The molecule has 0 amide bonds. The maximum atomic E-state index is 11.4. The summed E-state index contributed by atoms with van der Waals surface area (Å²) < 4.78 is 90.2. The summed E-state index contributed by atoms with van der Waals surface area (Å²) in [6.07, 6.45) is -42.4. The van der Waals surface area contributed by atoms with Gasteiger partial charge in [0.2, 0.25) is 0 Å². The molecular formula is C67H116O36. The fourth-order valence-electron chi connectivity index (χ4n) is 18.5. The molecule has 6 saturated heterocycles. The topological polar surface area (TPSA) is 563 Å². The number of fused-ring (bicyclic) bond motifs is 5. The van der Waals surface area contributed by atoms with Gasteiger partial charge in [-0.2, -0.15) is 0 Å². The van der Waals surface area contributed by atoms with E-state index in [-0.39, 0.29) is 93.0 Å². The van der Waals surface area contributed by atoms with Gasteiger partial charge in [0, 0.05) is 5.41 Å². The third kappa shape index (κ3) is 17.5. The number of hydrogen-bond donors (Lipinski definition) is 21. The van der Waals surface area contributed by atoms with Crippen LogP contribution >= 0.6 is 0 Å². The van der Waals surface area contributed by atoms with Crippen LogP contribution in [0.4, 0.5) is 0 Å². The van der Waals surface area contributed by atoms with Crippen LogP contribution in [0.2, 0.25) is 0 Å². The minimum Gasteiger partial charge on any atom is -0.394 e. The van der Waals surface area contributed by atoms with Gasteiger partial charge in [0.25, 0.3) is 0 Å². The summed E-state index contributed by atoms with van der Waals surface area (Å²) in [7, 11) is 0. The van der Waals surface area contributed by atoms with Gasteiger partial charge in [-0.25, -0.2) is 0 Å². The van der Waals surface area contributed by atoms with Crippen molar-refractivity contribution in [3.05, 3.63) is 0 Å². The van der Waals surface area contributed by atoms with Crippen LogP contribution < -0.4 is 0 Å². The molecule has 10 aliphatic rings. The Hall–Kier alpha value is -1.44. The van der Waals surface area contributed by atoms with Crippen molar-refractivity contribution in [2.75, 3.05) is 79.3 Å². The first-order chi connectivity index (χ1) is 49.1. The second-order valence-corrected chi connectivity index (χ2v) is 30.3. The molecule has 4 saturated carbocycles. The zero-order valence-corrected chi connectivity index (χ0v) is 58.6. The molecule has 0 spiro atoms. The molecule has 0 aromatic rings. The van der Waals surface area contributed by atoms with E-state index in [2.05, 4.69) is 27.7 Å². The monoisotopic (exact) mass is 1500 g/mol. The molecule has 13 unspecified atom stereocenters. The lowest BCUT2D eigenvalue weighted by Crippen LogP contribution is -2.64. The Morgan fingerprint density at radius 2 is 0.748 bits per heavy atom. The largest absolute Gasteiger partial charge is 0.394 e. The van der Waals surface area contributed by atoms with E-state index < -0.39 is 229 Å². The molecule has 0 bridgehead atoms. The molecule has 6 aliphatic heterocycles. The van der Waals surface area contributed by atoms with Crippen molar-refractivity contribution in [2.24, 2.45) is 46.3 Å². The number of hydrogen-bond acceptors (Lipinski definition) is 36. The molecule has 103 heavy (non-hydrogen) atoms. The van der Waals surface area contributed by atoms with Crippen molar-refractivity contribution in [1.82, 2.24) is 0 Å². The van der Waals surface area contributed by atoms with E-state index in [4.69, 9.17) is 71.1 Å². The van der Waals surface area contributed by atoms with E-state index in [0.717, 1.165) is 38.5 Å². The van der Waals surface area contributed by atoms with E-state index in [9.17, 15) is 107 Å². The molecule has 36 nitrogen and oxygen atoms in total. The lowest BCUT2D eigenvalue weighted by atomic mass is 9.43. The van der Waals surface area contributed by atoms with E-state index >= 15 is 0 Å². The fourth-order valence-corrected chi connectivity index (χ4v) is 18.5. The Kier molecular flexibility index (Phi) is 30.0. The van der Waals surface area contributed by atoms with Crippen molar-refractivity contribution in [3.8, 4) is 0 Å². The van der Waals surface area contributed by atoms with E-state index in [0.29, 0.717) is 31.6 Å². The zero-order valence-electron chi connectivity index (χ0n) is 58.6. The van der Waals surface area contributed by atoms with Gasteiger partial charge >= 0.3 is 0 Å². The summed E-state index contributed by atoms with van der Waals surface area (Å²) in [5.41, 5.74) is -0.755. The van der Waals surface area contributed by atoms with Gasteiger partial charge < -0.3 is 178 Å². The van der Waals surface area contributed by atoms with E-state index in [1.54, 1.807) is 0 Å². The van der Waals surface area contributed by atoms with Crippen molar-refractivity contribution in [1.29, 1.82) is 0 Å². The molecule has 41 atom stereocenters. The van der Waals surface area contributed by atoms with Crippen molar-refractivity contribution in [3.63, 3.8) is 0 Å². The summed E-state index contributed by atoms with van der Waals surface area (Å²) in [6.45, 7) is 4.05. The lowest BCUT2D eigenvalue weighted by molar-refractivity contribution is -0.360. The van der Waals surface area contributed by atoms with Crippen molar-refractivity contribution >= 4 is 0 Å². The van der Waals surface area contributed by atoms with Crippen LogP contribution in [0.15, 0.2) is 0 Å². The minimum atomic E-state index is -1.86. The van der Waals surface area contributed by atoms with Crippen molar-refractivity contribution < 1.29 is 178 Å².